The predicted molar refractivity (Wildman–Crippen MR) is 78.8 cm³/mol. The summed E-state index contributed by atoms with van der Waals surface area (Å²) in [5.74, 6) is 0.0800. The van der Waals surface area contributed by atoms with Crippen LogP contribution in [0.5, 0.6) is 0 Å². The van der Waals surface area contributed by atoms with E-state index in [1.165, 1.54) is 0 Å². The molecule has 1 amide bonds. The van der Waals surface area contributed by atoms with E-state index in [9.17, 15) is 4.79 Å². The summed E-state index contributed by atoms with van der Waals surface area (Å²) in [6.07, 6.45) is 0. The zero-order valence-corrected chi connectivity index (χ0v) is 12.1. The van der Waals surface area contributed by atoms with Crippen LogP contribution in [-0.2, 0) is 0 Å². The van der Waals surface area contributed by atoms with E-state index in [0.717, 1.165) is 16.5 Å². The van der Waals surface area contributed by atoms with Gasteiger partial charge in [0.15, 0.2) is 5.76 Å². The van der Waals surface area contributed by atoms with Crippen LogP contribution in [0.25, 0.3) is 11.0 Å². The Balaban J connectivity index is 0.00000180. The smallest absolute Gasteiger partial charge is 0.287 e. The van der Waals surface area contributed by atoms with E-state index >= 15 is 0 Å². The van der Waals surface area contributed by atoms with Gasteiger partial charge in [-0.2, -0.15) is 0 Å². The second kappa shape index (κ2) is 5.63. The predicted octanol–water partition coefficient (Wildman–Crippen LogP) is 2.63. The third-order valence-electron chi connectivity index (χ3n) is 2.86. The molecule has 2 rings (SSSR count). The monoisotopic (exact) mass is 282 g/mol. The highest BCUT2D eigenvalue weighted by molar-refractivity contribution is 5.96. The second-order valence-electron chi connectivity index (χ2n) is 5.19. The van der Waals surface area contributed by atoms with Crippen LogP contribution < -0.4 is 11.1 Å². The topological polar surface area (TPSA) is 68.3 Å². The SMILES string of the molecule is Cc1ccc2oc(C(=O)NC(C)(C)CN)cc2c1.Cl. The van der Waals surface area contributed by atoms with Gasteiger partial charge in [-0.05, 0) is 39.0 Å². The number of hydrogen-bond acceptors (Lipinski definition) is 3. The van der Waals surface area contributed by atoms with Crippen LogP contribution in [0.4, 0.5) is 0 Å². The summed E-state index contributed by atoms with van der Waals surface area (Å²) in [6.45, 7) is 6.12. The van der Waals surface area contributed by atoms with Gasteiger partial charge in [0.2, 0.25) is 0 Å². The minimum Gasteiger partial charge on any atom is -0.451 e. The lowest BCUT2D eigenvalue weighted by Gasteiger charge is -2.23. The molecule has 0 spiro atoms. The Labute approximate surface area is 118 Å². The minimum atomic E-state index is -0.439. The molecule has 0 radical (unpaired) electrons. The Kier molecular flexibility index (Phi) is 4.61. The molecule has 0 aliphatic carbocycles. The molecule has 0 aliphatic heterocycles. The molecule has 104 valence electrons. The standard InChI is InChI=1S/C14H18N2O2.ClH/c1-9-4-5-11-10(6-9)7-12(18-11)13(17)16-14(2,3)8-15;/h4-7H,8,15H2,1-3H3,(H,16,17);1H. The molecule has 1 heterocycles. The zero-order valence-electron chi connectivity index (χ0n) is 11.3. The quantitative estimate of drug-likeness (QED) is 0.909. The first-order valence-electron chi connectivity index (χ1n) is 5.94. The maximum atomic E-state index is 12.0. The number of amides is 1. The lowest BCUT2D eigenvalue weighted by molar-refractivity contribution is 0.0889. The average molecular weight is 283 g/mol. The van der Waals surface area contributed by atoms with Gasteiger partial charge in [-0.1, -0.05) is 11.6 Å². The van der Waals surface area contributed by atoms with Gasteiger partial charge in [-0.15, -0.1) is 12.4 Å². The Morgan fingerprint density at radius 1 is 1.37 bits per heavy atom. The molecule has 0 unspecified atom stereocenters. The normalized spacial score (nSPS) is 11.2. The molecule has 1 aromatic heterocycles. The molecule has 0 fully saturated rings. The van der Waals surface area contributed by atoms with E-state index in [0.29, 0.717) is 12.3 Å². The van der Waals surface area contributed by atoms with Crippen molar-refractivity contribution in [2.45, 2.75) is 26.3 Å². The van der Waals surface area contributed by atoms with Gasteiger partial charge in [-0.3, -0.25) is 4.79 Å². The third kappa shape index (κ3) is 3.49. The maximum Gasteiger partial charge on any atom is 0.287 e. The van der Waals surface area contributed by atoms with E-state index in [1.807, 2.05) is 39.0 Å². The van der Waals surface area contributed by atoms with E-state index in [4.69, 9.17) is 10.2 Å². The molecule has 0 atom stereocenters. The number of carbonyl (C=O) groups excluding carboxylic acids is 1. The first-order valence-corrected chi connectivity index (χ1v) is 5.94. The number of rotatable bonds is 3. The number of fused-ring (bicyclic) bond motifs is 1. The summed E-state index contributed by atoms with van der Waals surface area (Å²) in [6, 6.07) is 7.57. The van der Waals surface area contributed by atoms with Gasteiger partial charge in [0.05, 0.1) is 0 Å². The van der Waals surface area contributed by atoms with Crippen LogP contribution in [0.3, 0.4) is 0 Å². The van der Waals surface area contributed by atoms with E-state index in [2.05, 4.69) is 5.32 Å². The molecule has 0 aliphatic rings. The largest absolute Gasteiger partial charge is 0.451 e. The first-order chi connectivity index (χ1) is 8.41. The lowest BCUT2D eigenvalue weighted by atomic mass is 10.1. The van der Waals surface area contributed by atoms with Crippen LogP contribution >= 0.6 is 12.4 Å². The van der Waals surface area contributed by atoms with Gasteiger partial charge in [0.1, 0.15) is 5.58 Å². The van der Waals surface area contributed by atoms with Crippen LogP contribution in [0.2, 0.25) is 0 Å². The molecule has 19 heavy (non-hydrogen) atoms. The fourth-order valence-corrected chi connectivity index (χ4v) is 1.69. The number of benzene rings is 1. The molecule has 4 nitrogen and oxygen atoms in total. The minimum absolute atomic E-state index is 0. The van der Waals surface area contributed by atoms with Crippen LogP contribution in [0, 0.1) is 6.92 Å². The molecule has 0 bridgehead atoms. The molecular formula is C14H19ClN2O2. The fraction of sp³-hybridized carbons (Fsp3) is 0.357. The Bertz CT molecular complexity index is 590. The highest BCUT2D eigenvalue weighted by Gasteiger charge is 2.21. The van der Waals surface area contributed by atoms with E-state index in [-0.39, 0.29) is 18.3 Å². The second-order valence-corrected chi connectivity index (χ2v) is 5.19. The number of carbonyl (C=O) groups is 1. The Morgan fingerprint density at radius 3 is 2.68 bits per heavy atom. The van der Waals surface area contributed by atoms with Crippen molar-refractivity contribution in [3.8, 4) is 0 Å². The lowest BCUT2D eigenvalue weighted by Crippen LogP contribution is -2.48. The van der Waals surface area contributed by atoms with Crippen molar-refractivity contribution in [3.05, 3.63) is 35.6 Å². The highest BCUT2D eigenvalue weighted by atomic mass is 35.5. The molecule has 0 saturated heterocycles. The number of aryl methyl sites for hydroxylation is 1. The molecule has 1 aromatic carbocycles. The summed E-state index contributed by atoms with van der Waals surface area (Å²) in [5.41, 5.74) is 7.00. The first kappa shape index (κ1) is 15.5. The zero-order chi connectivity index (χ0) is 13.3. The van der Waals surface area contributed by atoms with Crippen LogP contribution in [-0.4, -0.2) is 18.0 Å². The molecule has 2 aromatic rings. The van der Waals surface area contributed by atoms with Crippen molar-refractivity contribution in [3.63, 3.8) is 0 Å². The van der Waals surface area contributed by atoms with Crippen molar-refractivity contribution in [1.29, 1.82) is 0 Å². The summed E-state index contributed by atoms with van der Waals surface area (Å²) in [7, 11) is 0. The average Bonchev–Trinajstić information content (AvgIpc) is 2.71. The number of nitrogens with one attached hydrogen (secondary N) is 1. The fourth-order valence-electron chi connectivity index (χ4n) is 1.69. The van der Waals surface area contributed by atoms with Crippen molar-refractivity contribution >= 4 is 29.3 Å². The van der Waals surface area contributed by atoms with Gasteiger partial charge in [0.25, 0.3) is 5.91 Å². The Hall–Kier alpha value is -1.52. The van der Waals surface area contributed by atoms with Crippen molar-refractivity contribution in [2.24, 2.45) is 5.73 Å². The number of halogens is 1. The summed E-state index contributed by atoms with van der Waals surface area (Å²) in [5, 5.41) is 3.78. The molecular weight excluding hydrogens is 264 g/mol. The molecule has 3 N–H and O–H groups in total. The molecule has 0 saturated carbocycles. The third-order valence-corrected chi connectivity index (χ3v) is 2.86. The summed E-state index contributed by atoms with van der Waals surface area (Å²) >= 11 is 0. The number of furan rings is 1. The van der Waals surface area contributed by atoms with Gasteiger partial charge >= 0.3 is 0 Å². The van der Waals surface area contributed by atoms with Crippen LogP contribution in [0.1, 0.15) is 30.0 Å². The van der Waals surface area contributed by atoms with E-state index in [1.54, 1.807) is 6.07 Å². The van der Waals surface area contributed by atoms with Crippen molar-refractivity contribution in [2.75, 3.05) is 6.54 Å². The van der Waals surface area contributed by atoms with Crippen LogP contribution in [0.15, 0.2) is 28.7 Å². The Morgan fingerprint density at radius 2 is 2.05 bits per heavy atom. The van der Waals surface area contributed by atoms with Gasteiger partial charge in [-0.25, -0.2) is 0 Å². The maximum absolute atomic E-state index is 12.0. The number of hydrogen-bond donors (Lipinski definition) is 2. The highest BCUT2D eigenvalue weighted by Crippen LogP contribution is 2.20. The van der Waals surface area contributed by atoms with E-state index < -0.39 is 5.54 Å². The van der Waals surface area contributed by atoms with Crippen molar-refractivity contribution < 1.29 is 9.21 Å². The summed E-state index contributed by atoms with van der Waals surface area (Å²) in [4.78, 5) is 12.0. The van der Waals surface area contributed by atoms with Crippen molar-refractivity contribution in [1.82, 2.24) is 5.32 Å². The van der Waals surface area contributed by atoms with Gasteiger partial charge < -0.3 is 15.5 Å². The molecule has 5 heteroatoms. The summed E-state index contributed by atoms with van der Waals surface area (Å²) < 4.78 is 5.52. The van der Waals surface area contributed by atoms with Gasteiger partial charge in [0, 0.05) is 17.5 Å². The number of nitrogens with two attached hydrogens (primary N) is 1.